The maximum atomic E-state index is 13.4. The van der Waals surface area contributed by atoms with Crippen molar-refractivity contribution in [3.8, 4) is 0 Å². The Morgan fingerprint density at radius 1 is 1.03 bits per heavy atom. The number of carbonyl (C=O) groups excluding carboxylic acids is 1. The van der Waals surface area contributed by atoms with E-state index in [0.717, 1.165) is 49.8 Å². The van der Waals surface area contributed by atoms with Gasteiger partial charge in [-0.1, -0.05) is 12.1 Å². The van der Waals surface area contributed by atoms with Crippen LogP contribution in [0.2, 0.25) is 0 Å². The van der Waals surface area contributed by atoms with Crippen LogP contribution < -0.4 is 0 Å². The lowest BCUT2D eigenvalue weighted by Gasteiger charge is -2.54. The summed E-state index contributed by atoms with van der Waals surface area (Å²) in [5, 5.41) is 19.7. The Bertz CT molecular complexity index is 936. The molecule has 3 aliphatic rings. The molecule has 0 aliphatic carbocycles. The molecule has 3 saturated heterocycles. The first-order valence-corrected chi connectivity index (χ1v) is 13.6. The van der Waals surface area contributed by atoms with Gasteiger partial charge < -0.3 is 14.3 Å². The van der Waals surface area contributed by atoms with Crippen LogP contribution in [0.5, 0.6) is 0 Å². The number of rotatable bonds is 8. The maximum Gasteiger partial charge on any atom is 0.349 e. The summed E-state index contributed by atoms with van der Waals surface area (Å²) in [6.07, 6.45) is 5.03. The van der Waals surface area contributed by atoms with Gasteiger partial charge in [0.25, 0.3) is 0 Å². The smallest absolute Gasteiger partial charge is 0.349 e. The largest absolute Gasteiger partial charge is 0.456 e. The molecule has 31 heavy (non-hydrogen) atoms. The molecule has 0 amide bonds. The topological polar surface area (TPSA) is 46.5 Å². The summed E-state index contributed by atoms with van der Waals surface area (Å²) in [5.74, 6) is -0.517. The van der Waals surface area contributed by atoms with Crippen molar-refractivity contribution in [2.24, 2.45) is 0 Å². The standard InChI is InChI=1S/C24H28NO3S3/c26-22(24(27,20-5-2-15-30-20)21-6-3-16-31-21)28-23-8-12-25(13-9-23,14-10-23)11-1-4-19-7-17-29-18-19/h2-3,5-7,15-18,27H,1,4,8-14H2/q+1. The Balaban J connectivity index is 1.25. The minimum Gasteiger partial charge on any atom is -0.456 e. The van der Waals surface area contributed by atoms with E-state index in [2.05, 4.69) is 16.8 Å². The number of hydrogen-bond donors (Lipinski definition) is 1. The van der Waals surface area contributed by atoms with Gasteiger partial charge in [-0.25, -0.2) is 4.79 Å². The number of esters is 1. The average molecular weight is 475 g/mol. The van der Waals surface area contributed by atoms with Gasteiger partial charge in [0.2, 0.25) is 5.60 Å². The van der Waals surface area contributed by atoms with Crippen LogP contribution in [0, 0.1) is 0 Å². The Hall–Kier alpha value is -1.51. The normalized spacial score (nSPS) is 25.6. The molecular weight excluding hydrogens is 446 g/mol. The second-order valence-electron chi connectivity index (χ2n) is 8.96. The van der Waals surface area contributed by atoms with Gasteiger partial charge in [-0.3, -0.25) is 0 Å². The number of carbonyl (C=O) groups is 1. The molecule has 7 heteroatoms. The summed E-state index contributed by atoms with van der Waals surface area (Å²) in [6, 6.07) is 9.60. The third kappa shape index (κ3) is 4.02. The number of ether oxygens (including phenoxy) is 1. The fourth-order valence-electron chi connectivity index (χ4n) is 5.14. The van der Waals surface area contributed by atoms with Crippen molar-refractivity contribution in [2.75, 3.05) is 26.2 Å². The molecule has 3 fully saturated rings. The molecule has 6 heterocycles. The first-order chi connectivity index (χ1) is 15.0. The zero-order chi connectivity index (χ0) is 21.4. The van der Waals surface area contributed by atoms with Crippen LogP contribution in [0.1, 0.15) is 41.0 Å². The predicted octanol–water partition coefficient (Wildman–Crippen LogP) is 5.04. The lowest BCUT2D eigenvalue weighted by atomic mass is 9.80. The number of quaternary nitrogens is 1. The van der Waals surface area contributed by atoms with Crippen molar-refractivity contribution < 1.29 is 19.1 Å². The van der Waals surface area contributed by atoms with Gasteiger partial charge in [0.15, 0.2) is 0 Å². The lowest BCUT2D eigenvalue weighted by Crippen LogP contribution is -2.66. The summed E-state index contributed by atoms with van der Waals surface area (Å²) < 4.78 is 7.36. The third-order valence-corrected chi connectivity index (χ3v) is 9.85. The zero-order valence-corrected chi connectivity index (χ0v) is 19.9. The molecule has 6 rings (SSSR count). The molecule has 0 radical (unpaired) electrons. The number of aliphatic hydroxyl groups is 1. The van der Waals surface area contributed by atoms with Gasteiger partial charge >= 0.3 is 5.97 Å². The van der Waals surface area contributed by atoms with E-state index in [9.17, 15) is 9.90 Å². The first-order valence-electron chi connectivity index (χ1n) is 10.9. The van der Waals surface area contributed by atoms with Crippen molar-refractivity contribution in [1.82, 2.24) is 0 Å². The van der Waals surface area contributed by atoms with Crippen molar-refractivity contribution in [1.29, 1.82) is 0 Å². The Kier molecular flexibility index (Phi) is 5.81. The summed E-state index contributed by atoms with van der Waals surface area (Å²) in [6.45, 7) is 4.39. The molecule has 3 aromatic heterocycles. The van der Waals surface area contributed by atoms with Gasteiger partial charge in [0, 0.05) is 25.7 Å². The molecule has 0 aromatic carbocycles. The van der Waals surface area contributed by atoms with Crippen LogP contribution in [0.4, 0.5) is 0 Å². The number of fused-ring (bicyclic) bond motifs is 3. The van der Waals surface area contributed by atoms with Crippen LogP contribution in [-0.2, 0) is 21.6 Å². The molecule has 0 spiro atoms. The molecule has 3 aliphatic heterocycles. The molecule has 2 bridgehead atoms. The summed E-state index contributed by atoms with van der Waals surface area (Å²) in [4.78, 5) is 14.7. The van der Waals surface area contributed by atoms with Gasteiger partial charge in [0.1, 0.15) is 5.60 Å². The van der Waals surface area contributed by atoms with E-state index < -0.39 is 17.2 Å². The third-order valence-electron chi connectivity index (χ3n) is 7.16. The number of hydrogen-bond acceptors (Lipinski definition) is 6. The van der Waals surface area contributed by atoms with Crippen LogP contribution in [-0.4, -0.2) is 47.3 Å². The number of thiophene rings is 3. The van der Waals surface area contributed by atoms with Crippen molar-refractivity contribution >= 4 is 40.0 Å². The van der Waals surface area contributed by atoms with Gasteiger partial charge in [-0.2, -0.15) is 11.3 Å². The Labute approximate surface area is 195 Å². The van der Waals surface area contributed by atoms with E-state index in [1.54, 1.807) is 11.3 Å². The van der Waals surface area contributed by atoms with E-state index >= 15 is 0 Å². The van der Waals surface area contributed by atoms with Crippen LogP contribution in [0.3, 0.4) is 0 Å². The lowest BCUT2D eigenvalue weighted by molar-refractivity contribution is -0.944. The van der Waals surface area contributed by atoms with Gasteiger partial charge in [-0.15, -0.1) is 22.7 Å². The highest BCUT2D eigenvalue weighted by atomic mass is 32.1. The number of nitrogens with zero attached hydrogens (tertiary/aromatic N) is 1. The molecule has 0 atom stereocenters. The average Bonchev–Trinajstić information content (AvgIpc) is 3.58. The van der Waals surface area contributed by atoms with E-state index in [4.69, 9.17) is 4.74 Å². The quantitative estimate of drug-likeness (QED) is 0.368. The first kappa shape index (κ1) is 21.3. The van der Waals surface area contributed by atoms with E-state index in [-0.39, 0.29) is 0 Å². The summed E-state index contributed by atoms with van der Waals surface area (Å²) in [7, 11) is 0. The van der Waals surface area contributed by atoms with Crippen molar-refractivity contribution in [3.05, 3.63) is 67.2 Å². The fourth-order valence-corrected chi connectivity index (χ4v) is 7.55. The Morgan fingerprint density at radius 3 is 2.19 bits per heavy atom. The number of piperidine rings is 3. The molecule has 0 saturated carbocycles. The van der Waals surface area contributed by atoms with E-state index in [0.29, 0.717) is 9.75 Å². The van der Waals surface area contributed by atoms with Crippen LogP contribution >= 0.6 is 34.0 Å². The van der Waals surface area contributed by atoms with Crippen molar-refractivity contribution in [2.45, 2.75) is 43.3 Å². The molecule has 4 nitrogen and oxygen atoms in total. The molecule has 1 N–H and O–H groups in total. The van der Waals surface area contributed by atoms with Crippen LogP contribution in [0.15, 0.2) is 51.9 Å². The Morgan fingerprint density at radius 2 is 1.68 bits per heavy atom. The predicted molar refractivity (Wildman–Crippen MR) is 127 cm³/mol. The summed E-state index contributed by atoms with van der Waals surface area (Å²) in [5.41, 5.74) is -0.687. The summed E-state index contributed by atoms with van der Waals surface area (Å²) >= 11 is 4.56. The highest BCUT2D eigenvalue weighted by Gasteiger charge is 2.54. The highest BCUT2D eigenvalue weighted by Crippen LogP contribution is 2.43. The maximum absolute atomic E-state index is 13.4. The minimum atomic E-state index is -1.71. The highest BCUT2D eigenvalue weighted by molar-refractivity contribution is 7.12. The van der Waals surface area contributed by atoms with Gasteiger partial charge in [-0.05, 0) is 51.7 Å². The molecule has 0 unspecified atom stereocenters. The zero-order valence-electron chi connectivity index (χ0n) is 17.5. The van der Waals surface area contributed by atoms with E-state index in [1.165, 1.54) is 41.2 Å². The van der Waals surface area contributed by atoms with E-state index in [1.807, 2.05) is 35.0 Å². The second kappa shape index (κ2) is 8.45. The second-order valence-corrected chi connectivity index (χ2v) is 11.6. The molecule has 3 aromatic rings. The minimum absolute atomic E-state index is 0.424. The SMILES string of the molecule is O=C(OC12CC[N+](CCCc3ccsc3)(CC1)CC2)C(O)(c1cccs1)c1cccs1. The fraction of sp³-hybridized carbons (Fsp3) is 0.458. The molecule has 164 valence electrons. The number of aryl methyl sites for hydroxylation is 1. The van der Waals surface area contributed by atoms with Crippen LogP contribution in [0.25, 0.3) is 0 Å². The monoisotopic (exact) mass is 474 g/mol. The molecular formula is C24H28NO3S3+. The van der Waals surface area contributed by atoms with Crippen molar-refractivity contribution in [3.63, 3.8) is 0 Å². The van der Waals surface area contributed by atoms with Gasteiger partial charge in [0.05, 0.1) is 35.9 Å².